The summed E-state index contributed by atoms with van der Waals surface area (Å²) in [5.41, 5.74) is 2.02. The smallest absolute Gasteiger partial charge is 0.132 e. The van der Waals surface area contributed by atoms with Crippen LogP contribution in [-0.2, 0) is 13.0 Å². The normalized spacial score (nSPS) is 10.6. The summed E-state index contributed by atoms with van der Waals surface area (Å²) in [7, 11) is 1.89. The van der Waals surface area contributed by atoms with E-state index in [1.807, 2.05) is 25.2 Å². The first kappa shape index (κ1) is 13.3. The molecule has 3 nitrogen and oxygen atoms in total. The summed E-state index contributed by atoms with van der Waals surface area (Å²) in [5, 5.41) is 4.18. The van der Waals surface area contributed by atoms with Crippen LogP contribution in [0.25, 0.3) is 0 Å². The molecule has 1 N–H and O–H groups in total. The Hall–Kier alpha value is -1.16. The van der Waals surface area contributed by atoms with Gasteiger partial charge in [-0.25, -0.2) is 9.97 Å². The molecule has 1 aromatic carbocycles. The van der Waals surface area contributed by atoms with Crippen LogP contribution in [0.3, 0.4) is 0 Å². The quantitative estimate of drug-likeness (QED) is 0.936. The Bertz CT molecular complexity index is 544. The first-order valence-electron chi connectivity index (χ1n) is 5.58. The van der Waals surface area contributed by atoms with Crippen molar-refractivity contribution in [3.05, 3.63) is 57.6 Å². The van der Waals surface area contributed by atoms with Gasteiger partial charge in [0.2, 0.25) is 0 Å². The molecule has 0 radical (unpaired) electrons. The van der Waals surface area contributed by atoms with Gasteiger partial charge < -0.3 is 5.32 Å². The van der Waals surface area contributed by atoms with E-state index in [0.29, 0.717) is 16.5 Å². The molecule has 0 aliphatic heterocycles. The van der Waals surface area contributed by atoms with Crippen molar-refractivity contribution in [2.75, 3.05) is 7.05 Å². The van der Waals surface area contributed by atoms with Gasteiger partial charge in [0.1, 0.15) is 5.82 Å². The first-order chi connectivity index (χ1) is 8.69. The third-order valence-electron chi connectivity index (χ3n) is 2.47. The zero-order chi connectivity index (χ0) is 13.0. The van der Waals surface area contributed by atoms with Crippen molar-refractivity contribution in [1.82, 2.24) is 15.3 Å². The van der Waals surface area contributed by atoms with Gasteiger partial charge in [0.15, 0.2) is 0 Å². The maximum absolute atomic E-state index is 5.98. The molecular weight excluding hydrogens is 269 g/mol. The molecule has 0 aliphatic carbocycles. The standard InChI is InChI=1S/C13H13Cl2N3/c1-16-8-10-4-5-17-13(18-10)7-9-2-3-11(14)12(15)6-9/h2-6,16H,7-8H2,1H3. The Morgan fingerprint density at radius 2 is 2.00 bits per heavy atom. The molecule has 5 heteroatoms. The molecule has 0 fully saturated rings. The summed E-state index contributed by atoms with van der Waals surface area (Å²) in [6.07, 6.45) is 2.42. The van der Waals surface area contributed by atoms with E-state index in [2.05, 4.69) is 15.3 Å². The monoisotopic (exact) mass is 281 g/mol. The van der Waals surface area contributed by atoms with Crippen LogP contribution < -0.4 is 5.32 Å². The Kier molecular flexibility index (Phi) is 4.53. The fraction of sp³-hybridized carbons (Fsp3) is 0.231. The second-order valence-electron chi connectivity index (χ2n) is 3.92. The third kappa shape index (κ3) is 3.42. The second-order valence-corrected chi connectivity index (χ2v) is 4.73. The summed E-state index contributed by atoms with van der Waals surface area (Å²) in [4.78, 5) is 8.71. The highest BCUT2D eigenvalue weighted by molar-refractivity contribution is 6.42. The molecule has 18 heavy (non-hydrogen) atoms. The lowest BCUT2D eigenvalue weighted by Crippen LogP contribution is -2.09. The van der Waals surface area contributed by atoms with Crippen LogP contribution in [0.15, 0.2) is 30.5 Å². The number of aromatic nitrogens is 2. The van der Waals surface area contributed by atoms with E-state index in [1.165, 1.54) is 0 Å². The number of rotatable bonds is 4. The van der Waals surface area contributed by atoms with Crippen LogP contribution in [0.2, 0.25) is 10.0 Å². The fourth-order valence-electron chi connectivity index (χ4n) is 1.64. The van der Waals surface area contributed by atoms with E-state index >= 15 is 0 Å². The lowest BCUT2D eigenvalue weighted by molar-refractivity contribution is 0.772. The van der Waals surface area contributed by atoms with E-state index in [9.17, 15) is 0 Å². The van der Waals surface area contributed by atoms with Crippen LogP contribution in [0.1, 0.15) is 17.1 Å². The lowest BCUT2D eigenvalue weighted by atomic mass is 10.1. The molecule has 94 valence electrons. The predicted molar refractivity (Wildman–Crippen MR) is 74.1 cm³/mol. The minimum Gasteiger partial charge on any atom is -0.314 e. The van der Waals surface area contributed by atoms with Crippen molar-refractivity contribution in [2.24, 2.45) is 0 Å². The van der Waals surface area contributed by atoms with Crippen LogP contribution in [0.5, 0.6) is 0 Å². The van der Waals surface area contributed by atoms with Crippen LogP contribution in [-0.4, -0.2) is 17.0 Å². The Balaban J connectivity index is 2.17. The van der Waals surface area contributed by atoms with Crippen molar-refractivity contribution in [3.63, 3.8) is 0 Å². The van der Waals surface area contributed by atoms with Crippen LogP contribution >= 0.6 is 23.2 Å². The average molecular weight is 282 g/mol. The number of halogens is 2. The number of nitrogens with one attached hydrogen (secondary N) is 1. The van der Waals surface area contributed by atoms with Crippen LogP contribution in [0, 0.1) is 0 Å². The fourth-order valence-corrected chi connectivity index (χ4v) is 1.96. The van der Waals surface area contributed by atoms with Gasteiger partial charge in [-0.15, -0.1) is 0 Å². The number of hydrogen-bond donors (Lipinski definition) is 1. The minimum absolute atomic E-state index is 0.556. The minimum atomic E-state index is 0.556. The van der Waals surface area contributed by atoms with Gasteiger partial charge in [-0.2, -0.15) is 0 Å². The summed E-state index contributed by atoms with van der Waals surface area (Å²) in [5.74, 6) is 0.779. The zero-order valence-electron chi connectivity index (χ0n) is 9.95. The molecule has 0 spiro atoms. The molecule has 0 aliphatic rings. The zero-order valence-corrected chi connectivity index (χ0v) is 11.5. The topological polar surface area (TPSA) is 37.8 Å². The average Bonchev–Trinajstić information content (AvgIpc) is 2.35. The van der Waals surface area contributed by atoms with Crippen molar-refractivity contribution >= 4 is 23.2 Å². The Morgan fingerprint density at radius 1 is 1.17 bits per heavy atom. The van der Waals surface area contributed by atoms with E-state index in [4.69, 9.17) is 23.2 Å². The summed E-state index contributed by atoms with van der Waals surface area (Å²) in [6.45, 7) is 0.733. The van der Waals surface area contributed by atoms with E-state index in [0.717, 1.165) is 23.6 Å². The number of nitrogens with zero attached hydrogens (tertiary/aromatic N) is 2. The molecule has 0 saturated carbocycles. The molecule has 2 aromatic rings. The van der Waals surface area contributed by atoms with E-state index in [-0.39, 0.29) is 0 Å². The van der Waals surface area contributed by atoms with Gasteiger partial charge in [0.25, 0.3) is 0 Å². The summed E-state index contributed by atoms with van der Waals surface area (Å²) in [6, 6.07) is 7.46. The van der Waals surface area contributed by atoms with Gasteiger partial charge in [-0.1, -0.05) is 29.3 Å². The SMILES string of the molecule is CNCc1ccnc(Cc2ccc(Cl)c(Cl)c2)n1. The maximum Gasteiger partial charge on any atom is 0.132 e. The Morgan fingerprint density at radius 3 is 2.72 bits per heavy atom. The molecule has 0 amide bonds. The Labute approximate surface area is 116 Å². The van der Waals surface area contributed by atoms with Gasteiger partial charge in [-0.05, 0) is 30.8 Å². The second kappa shape index (κ2) is 6.14. The highest BCUT2D eigenvalue weighted by Crippen LogP contribution is 2.23. The van der Waals surface area contributed by atoms with Gasteiger partial charge in [-0.3, -0.25) is 0 Å². The lowest BCUT2D eigenvalue weighted by Gasteiger charge is -2.04. The summed E-state index contributed by atoms with van der Waals surface area (Å²) >= 11 is 11.9. The highest BCUT2D eigenvalue weighted by atomic mass is 35.5. The predicted octanol–water partition coefficient (Wildman–Crippen LogP) is 3.09. The molecule has 2 rings (SSSR count). The molecule has 1 heterocycles. The van der Waals surface area contributed by atoms with Crippen molar-refractivity contribution in [1.29, 1.82) is 0 Å². The van der Waals surface area contributed by atoms with Gasteiger partial charge in [0, 0.05) is 19.2 Å². The molecule has 0 bridgehead atoms. The van der Waals surface area contributed by atoms with Crippen molar-refractivity contribution in [2.45, 2.75) is 13.0 Å². The molecule has 0 unspecified atom stereocenters. The maximum atomic E-state index is 5.98. The first-order valence-corrected chi connectivity index (χ1v) is 6.34. The third-order valence-corrected chi connectivity index (χ3v) is 3.21. The number of benzene rings is 1. The van der Waals surface area contributed by atoms with Crippen molar-refractivity contribution < 1.29 is 0 Å². The molecular formula is C13H13Cl2N3. The largest absolute Gasteiger partial charge is 0.314 e. The highest BCUT2D eigenvalue weighted by Gasteiger charge is 2.03. The van der Waals surface area contributed by atoms with Gasteiger partial charge >= 0.3 is 0 Å². The van der Waals surface area contributed by atoms with Gasteiger partial charge in [0.05, 0.1) is 15.7 Å². The summed E-state index contributed by atoms with van der Waals surface area (Å²) < 4.78 is 0. The molecule has 1 aromatic heterocycles. The van der Waals surface area contributed by atoms with Crippen molar-refractivity contribution in [3.8, 4) is 0 Å². The number of hydrogen-bond acceptors (Lipinski definition) is 3. The molecule has 0 saturated heterocycles. The van der Waals surface area contributed by atoms with E-state index < -0.39 is 0 Å². The van der Waals surface area contributed by atoms with Crippen LogP contribution in [0.4, 0.5) is 0 Å². The van der Waals surface area contributed by atoms with E-state index in [1.54, 1.807) is 12.3 Å². The molecule has 0 atom stereocenters.